The van der Waals surface area contributed by atoms with Gasteiger partial charge in [-0.3, -0.25) is 9.59 Å². The molecule has 6 heteroatoms. The molecule has 0 unspecified atom stereocenters. The second-order valence-electron chi connectivity index (χ2n) is 6.53. The number of amides is 2. The highest BCUT2D eigenvalue weighted by molar-refractivity contribution is 5.94. The molecule has 2 N–H and O–H groups in total. The van der Waals surface area contributed by atoms with Gasteiger partial charge in [0.15, 0.2) is 0 Å². The molecule has 1 aromatic carbocycles. The second-order valence-corrected chi connectivity index (χ2v) is 6.53. The van der Waals surface area contributed by atoms with Crippen LogP contribution < -0.4 is 10.6 Å². The number of rotatable bonds is 4. The minimum absolute atomic E-state index is 0.0543. The lowest BCUT2D eigenvalue weighted by atomic mass is 10.2. The van der Waals surface area contributed by atoms with E-state index in [2.05, 4.69) is 15.6 Å². The summed E-state index contributed by atoms with van der Waals surface area (Å²) >= 11 is 0. The van der Waals surface area contributed by atoms with Gasteiger partial charge < -0.3 is 15.5 Å². The van der Waals surface area contributed by atoms with Gasteiger partial charge in [0.1, 0.15) is 5.82 Å². The number of benzene rings is 1. The van der Waals surface area contributed by atoms with Crippen LogP contribution in [0.25, 0.3) is 0 Å². The SMILES string of the molecule is CC(=O)Nc1cccc(Nc2ccc(C(=O)N3CCCCCC3)cn2)c1. The van der Waals surface area contributed by atoms with Crippen LogP contribution >= 0.6 is 0 Å². The number of hydrogen-bond acceptors (Lipinski definition) is 4. The zero-order valence-electron chi connectivity index (χ0n) is 15.0. The quantitative estimate of drug-likeness (QED) is 0.878. The summed E-state index contributed by atoms with van der Waals surface area (Å²) in [5, 5.41) is 5.93. The first-order valence-electron chi connectivity index (χ1n) is 9.02. The fraction of sp³-hybridized carbons (Fsp3) is 0.350. The maximum Gasteiger partial charge on any atom is 0.255 e. The normalized spacial score (nSPS) is 14.4. The largest absolute Gasteiger partial charge is 0.340 e. The number of anilines is 3. The van der Waals surface area contributed by atoms with Crippen LogP contribution in [-0.4, -0.2) is 34.8 Å². The lowest BCUT2D eigenvalue weighted by Crippen LogP contribution is -2.31. The minimum atomic E-state index is -0.114. The molecule has 0 radical (unpaired) electrons. The van der Waals surface area contributed by atoms with Gasteiger partial charge in [-0.2, -0.15) is 0 Å². The van der Waals surface area contributed by atoms with E-state index in [0.717, 1.165) is 37.3 Å². The molecule has 26 heavy (non-hydrogen) atoms. The van der Waals surface area contributed by atoms with Gasteiger partial charge in [-0.15, -0.1) is 0 Å². The summed E-state index contributed by atoms with van der Waals surface area (Å²) in [7, 11) is 0. The summed E-state index contributed by atoms with van der Waals surface area (Å²) in [5.41, 5.74) is 2.15. The third-order valence-electron chi connectivity index (χ3n) is 4.36. The van der Waals surface area contributed by atoms with Crippen molar-refractivity contribution in [2.45, 2.75) is 32.6 Å². The van der Waals surface area contributed by atoms with Crippen molar-refractivity contribution in [3.8, 4) is 0 Å². The van der Waals surface area contributed by atoms with E-state index in [1.807, 2.05) is 29.2 Å². The molecule has 0 bridgehead atoms. The number of nitrogens with zero attached hydrogens (tertiary/aromatic N) is 2. The lowest BCUT2D eigenvalue weighted by Gasteiger charge is -2.20. The Kier molecular flexibility index (Phi) is 5.84. The highest BCUT2D eigenvalue weighted by atomic mass is 16.2. The predicted octanol–water partition coefficient (Wildman–Crippen LogP) is 3.80. The van der Waals surface area contributed by atoms with Gasteiger partial charge in [0.25, 0.3) is 5.91 Å². The van der Waals surface area contributed by atoms with E-state index in [1.54, 1.807) is 18.3 Å². The van der Waals surface area contributed by atoms with Crippen molar-refractivity contribution in [2.24, 2.45) is 0 Å². The summed E-state index contributed by atoms with van der Waals surface area (Å²) in [6.07, 6.45) is 6.16. The van der Waals surface area contributed by atoms with Gasteiger partial charge in [-0.25, -0.2) is 4.98 Å². The van der Waals surface area contributed by atoms with Crippen LogP contribution in [0, 0.1) is 0 Å². The molecule has 1 aromatic heterocycles. The minimum Gasteiger partial charge on any atom is -0.340 e. The maximum atomic E-state index is 12.6. The predicted molar refractivity (Wildman–Crippen MR) is 103 cm³/mol. The van der Waals surface area contributed by atoms with Crippen molar-refractivity contribution in [3.63, 3.8) is 0 Å². The first kappa shape index (κ1) is 17.9. The zero-order chi connectivity index (χ0) is 18.4. The van der Waals surface area contributed by atoms with Crippen molar-refractivity contribution in [2.75, 3.05) is 23.7 Å². The Morgan fingerprint density at radius 2 is 1.73 bits per heavy atom. The van der Waals surface area contributed by atoms with E-state index in [-0.39, 0.29) is 11.8 Å². The Labute approximate surface area is 153 Å². The molecule has 0 saturated carbocycles. The molecule has 2 aromatic rings. The van der Waals surface area contributed by atoms with Crippen LogP contribution in [0.15, 0.2) is 42.6 Å². The average molecular weight is 352 g/mol. The molecule has 0 spiro atoms. The van der Waals surface area contributed by atoms with Crippen molar-refractivity contribution in [3.05, 3.63) is 48.2 Å². The molecular weight excluding hydrogens is 328 g/mol. The van der Waals surface area contributed by atoms with Crippen molar-refractivity contribution >= 4 is 29.0 Å². The Hall–Kier alpha value is -2.89. The maximum absolute atomic E-state index is 12.6. The van der Waals surface area contributed by atoms with Gasteiger partial charge >= 0.3 is 0 Å². The zero-order valence-corrected chi connectivity index (χ0v) is 15.0. The Morgan fingerprint density at radius 3 is 2.38 bits per heavy atom. The molecule has 1 fully saturated rings. The Bertz CT molecular complexity index is 766. The molecule has 1 aliphatic heterocycles. The second kappa shape index (κ2) is 8.47. The van der Waals surface area contributed by atoms with E-state index < -0.39 is 0 Å². The van der Waals surface area contributed by atoms with E-state index in [9.17, 15) is 9.59 Å². The van der Waals surface area contributed by atoms with Crippen LogP contribution in [-0.2, 0) is 4.79 Å². The summed E-state index contributed by atoms with van der Waals surface area (Å²) < 4.78 is 0. The van der Waals surface area contributed by atoms with E-state index in [0.29, 0.717) is 11.4 Å². The lowest BCUT2D eigenvalue weighted by molar-refractivity contribution is -0.114. The number of pyridine rings is 1. The van der Waals surface area contributed by atoms with Crippen molar-refractivity contribution < 1.29 is 9.59 Å². The molecule has 2 heterocycles. The molecule has 2 amide bonds. The first-order chi connectivity index (χ1) is 12.6. The van der Waals surface area contributed by atoms with Crippen molar-refractivity contribution in [1.82, 2.24) is 9.88 Å². The monoisotopic (exact) mass is 352 g/mol. The Balaban J connectivity index is 1.66. The molecule has 1 saturated heterocycles. The number of nitrogens with one attached hydrogen (secondary N) is 2. The number of carbonyl (C=O) groups is 2. The molecule has 0 atom stereocenters. The highest BCUT2D eigenvalue weighted by Crippen LogP contribution is 2.20. The van der Waals surface area contributed by atoms with Crippen LogP contribution in [0.5, 0.6) is 0 Å². The topological polar surface area (TPSA) is 74.3 Å². The summed E-state index contributed by atoms with van der Waals surface area (Å²) in [5.74, 6) is 0.590. The first-order valence-corrected chi connectivity index (χ1v) is 9.02. The number of carbonyl (C=O) groups excluding carboxylic acids is 2. The van der Waals surface area contributed by atoms with Gasteiger partial charge in [-0.05, 0) is 43.2 Å². The number of aromatic nitrogens is 1. The highest BCUT2D eigenvalue weighted by Gasteiger charge is 2.17. The molecular formula is C20H24N4O2. The standard InChI is InChI=1S/C20H24N4O2/c1-15(25)22-17-7-6-8-18(13-17)23-19-10-9-16(14-21-19)20(26)24-11-4-2-3-5-12-24/h6-10,13-14H,2-5,11-12H2,1H3,(H,21,23)(H,22,25). The van der Waals surface area contributed by atoms with Crippen LogP contribution in [0.3, 0.4) is 0 Å². The average Bonchev–Trinajstić information content (AvgIpc) is 2.91. The van der Waals surface area contributed by atoms with Gasteiger partial charge in [-0.1, -0.05) is 18.9 Å². The number of hydrogen-bond donors (Lipinski definition) is 2. The summed E-state index contributed by atoms with van der Waals surface area (Å²) in [4.78, 5) is 30.0. The molecule has 3 rings (SSSR count). The van der Waals surface area contributed by atoms with Crippen LogP contribution in [0.1, 0.15) is 43.0 Å². The van der Waals surface area contributed by atoms with E-state index in [1.165, 1.54) is 19.8 Å². The fourth-order valence-electron chi connectivity index (χ4n) is 3.08. The fourth-order valence-corrected chi connectivity index (χ4v) is 3.08. The Morgan fingerprint density at radius 1 is 1.00 bits per heavy atom. The third-order valence-corrected chi connectivity index (χ3v) is 4.36. The smallest absolute Gasteiger partial charge is 0.255 e. The van der Waals surface area contributed by atoms with Gasteiger partial charge in [0.2, 0.25) is 5.91 Å². The molecule has 1 aliphatic rings. The molecule has 0 aliphatic carbocycles. The summed E-state index contributed by atoms with van der Waals surface area (Å²) in [6, 6.07) is 11.0. The van der Waals surface area contributed by atoms with Crippen LogP contribution in [0.4, 0.5) is 17.2 Å². The van der Waals surface area contributed by atoms with Crippen LogP contribution in [0.2, 0.25) is 0 Å². The number of likely N-dealkylation sites (tertiary alicyclic amines) is 1. The van der Waals surface area contributed by atoms with Crippen molar-refractivity contribution in [1.29, 1.82) is 0 Å². The van der Waals surface area contributed by atoms with Gasteiger partial charge in [0.05, 0.1) is 5.56 Å². The molecule has 6 nitrogen and oxygen atoms in total. The summed E-state index contributed by atoms with van der Waals surface area (Å²) in [6.45, 7) is 3.13. The molecule has 136 valence electrons. The van der Waals surface area contributed by atoms with Gasteiger partial charge in [0, 0.05) is 37.6 Å². The third kappa shape index (κ3) is 4.81. The van der Waals surface area contributed by atoms with E-state index in [4.69, 9.17) is 0 Å². The van der Waals surface area contributed by atoms with E-state index >= 15 is 0 Å².